The maximum absolute atomic E-state index is 4.59. The van der Waals surface area contributed by atoms with Crippen LogP contribution in [0.2, 0.25) is 0 Å². The normalized spacial score (nSPS) is 11.2. The van der Waals surface area contributed by atoms with Gasteiger partial charge in [0.05, 0.1) is 11.4 Å². The van der Waals surface area contributed by atoms with Crippen LogP contribution < -0.4 is 5.32 Å². The Bertz CT molecular complexity index is 1030. The lowest BCUT2D eigenvalue weighted by Gasteiger charge is -2.12. The van der Waals surface area contributed by atoms with Crippen LogP contribution in [0.25, 0.3) is 0 Å². The molecule has 3 nitrogen and oxygen atoms in total. The second kappa shape index (κ2) is 9.29. The van der Waals surface area contributed by atoms with Crippen molar-refractivity contribution in [3.05, 3.63) is 120 Å². The van der Waals surface area contributed by atoms with Crippen molar-refractivity contribution in [3.63, 3.8) is 0 Å². The molecular weight excluding hydrogens is 354 g/mol. The summed E-state index contributed by atoms with van der Waals surface area (Å²) in [7, 11) is 0. The molecule has 4 aromatic carbocycles. The summed E-state index contributed by atoms with van der Waals surface area (Å²) < 4.78 is 0. The fourth-order valence-electron chi connectivity index (χ4n) is 2.91. The first-order valence-corrected chi connectivity index (χ1v) is 9.52. The number of benzene rings is 4. The minimum atomic E-state index is 0.928. The van der Waals surface area contributed by atoms with Gasteiger partial charge < -0.3 is 5.32 Å². The van der Waals surface area contributed by atoms with Gasteiger partial charge in [0.25, 0.3) is 0 Å². The molecule has 0 atom stereocenters. The topological polar surface area (TPSA) is 36.8 Å². The molecule has 0 bridgehead atoms. The molecule has 0 radical (unpaired) electrons. The van der Waals surface area contributed by atoms with Crippen LogP contribution in [-0.4, -0.2) is 12.4 Å². The van der Waals surface area contributed by atoms with E-state index in [9.17, 15) is 0 Å². The largest absolute Gasteiger partial charge is 0.354 e. The number of hydrogen-bond acceptors (Lipinski definition) is 3. The summed E-state index contributed by atoms with van der Waals surface area (Å²) in [6.07, 6.45) is 3.77. The molecule has 0 fully saturated rings. The number of hydrogen-bond donors (Lipinski definition) is 1. The maximum Gasteiger partial charge on any atom is 0.0629 e. The molecule has 0 amide bonds. The van der Waals surface area contributed by atoms with Crippen LogP contribution in [-0.2, 0) is 0 Å². The van der Waals surface area contributed by atoms with Crippen molar-refractivity contribution in [2.45, 2.75) is 0 Å². The number of para-hydroxylation sites is 4. The van der Waals surface area contributed by atoms with Gasteiger partial charge in [0.2, 0.25) is 0 Å². The first-order chi connectivity index (χ1) is 14.4. The van der Waals surface area contributed by atoms with E-state index >= 15 is 0 Å². The number of nitrogens with one attached hydrogen (secondary N) is 1. The molecule has 0 unspecified atom stereocenters. The van der Waals surface area contributed by atoms with Crippen LogP contribution in [0.1, 0.15) is 11.1 Å². The van der Waals surface area contributed by atoms with Crippen LogP contribution in [0.3, 0.4) is 0 Å². The molecular formula is C26H21N3. The highest BCUT2D eigenvalue weighted by Crippen LogP contribution is 2.23. The van der Waals surface area contributed by atoms with Gasteiger partial charge in [0.1, 0.15) is 0 Å². The van der Waals surface area contributed by atoms with Gasteiger partial charge in [-0.3, -0.25) is 9.98 Å². The third-order valence-corrected chi connectivity index (χ3v) is 4.41. The van der Waals surface area contributed by atoms with Crippen molar-refractivity contribution < 1.29 is 0 Å². The molecule has 0 spiro atoms. The molecule has 0 heterocycles. The Labute approximate surface area is 171 Å². The lowest BCUT2D eigenvalue weighted by Crippen LogP contribution is -1.98. The molecule has 0 aliphatic rings. The van der Waals surface area contributed by atoms with E-state index in [1.165, 1.54) is 0 Å². The summed E-state index contributed by atoms with van der Waals surface area (Å²) in [6.45, 7) is 0. The molecule has 29 heavy (non-hydrogen) atoms. The molecule has 4 aromatic rings. The Hall–Kier alpha value is -3.98. The Morgan fingerprint density at radius 2 is 0.828 bits per heavy atom. The zero-order chi connectivity index (χ0) is 19.7. The summed E-state index contributed by atoms with van der Waals surface area (Å²) in [6, 6.07) is 36.1. The van der Waals surface area contributed by atoms with Crippen molar-refractivity contribution >= 4 is 35.2 Å². The molecule has 0 saturated heterocycles. The second-order valence-electron chi connectivity index (χ2n) is 6.49. The monoisotopic (exact) mass is 375 g/mol. The fraction of sp³-hybridized carbons (Fsp3) is 0. The lowest BCUT2D eigenvalue weighted by molar-refractivity contribution is 1.49. The molecule has 0 aliphatic heterocycles. The predicted octanol–water partition coefficient (Wildman–Crippen LogP) is 6.93. The standard InChI is InChI=1S/C26H21N3/c1-3-13-23(14-4-1)27-19-21-11-7-9-17-25(21)29-26-18-10-8-12-22(26)20-28-24-15-5-2-6-16-24/h1-20,29H. The zero-order valence-corrected chi connectivity index (χ0v) is 15.9. The summed E-state index contributed by atoms with van der Waals surface area (Å²) in [5.74, 6) is 0. The average molecular weight is 375 g/mol. The summed E-state index contributed by atoms with van der Waals surface area (Å²) in [4.78, 5) is 9.17. The third kappa shape index (κ3) is 5.05. The van der Waals surface area contributed by atoms with Crippen LogP contribution in [0.5, 0.6) is 0 Å². The molecule has 1 N–H and O–H groups in total. The SMILES string of the molecule is C(=Nc1ccccc1)c1ccccc1Nc1ccccc1C=Nc1ccccc1. The first kappa shape index (κ1) is 18.4. The Kier molecular flexibility index (Phi) is 5.89. The van der Waals surface area contributed by atoms with Gasteiger partial charge >= 0.3 is 0 Å². The highest BCUT2D eigenvalue weighted by Gasteiger charge is 2.04. The van der Waals surface area contributed by atoms with E-state index in [1.54, 1.807) is 0 Å². The van der Waals surface area contributed by atoms with Crippen molar-refractivity contribution in [1.82, 2.24) is 0 Å². The first-order valence-electron chi connectivity index (χ1n) is 9.52. The smallest absolute Gasteiger partial charge is 0.0629 e. The van der Waals surface area contributed by atoms with Crippen molar-refractivity contribution in [3.8, 4) is 0 Å². The van der Waals surface area contributed by atoms with Crippen molar-refractivity contribution in [1.29, 1.82) is 0 Å². The van der Waals surface area contributed by atoms with Gasteiger partial charge in [0.15, 0.2) is 0 Å². The van der Waals surface area contributed by atoms with E-state index in [4.69, 9.17) is 0 Å². The van der Waals surface area contributed by atoms with Crippen LogP contribution >= 0.6 is 0 Å². The Balaban J connectivity index is 1.59. The van der Waals surface area contributed by atoms with Gasteiger partial charge in [-0.25, -0.2) is 0 Å². The van der Waals surface area contributed by atoms with Gasteiger partial charge in [-0.15, -0.1) is 0 Å². The number of anilines is 2. The number of nitrogens with zero attached hydrogens (tertiary/aromatic N) is 2. The second-order valence-corrected chi connectivity index (χ2v) is 6.49. The van der Waals surface area contributed by atoms with E-state index in [0.29, 0.717) is 0 Å². The van der Waals surface area contributed by atoms with E-state index < -0.39 is 0 Å². The lowest BCUT2D eigenvalue weighted by atomic mass is 10.1. The van der Waals surface area contributed by atoms with Crippen LogP contribution in [0, 0.1) is 0 Å². The highest BCUT2D eigenvalue weighted by molar-refractivity contribution is 5.94. The zero-order valence-electron chi connectivity index (χ0n) is 15.9. The highest BCUT2D eigenvalue weighted by atomic mass is 14.9. The molecule has 3 heteroatoms. The van der Waals surface area contributed by atoms with Crippen molar-refractivity contribution in [2.24, 2.45) is 9.98 Å². The Morgan fingerprint density at radius 3 is 1.28 bits per heavy atom. The van der Waals surface area contributed by atoms with Crippen LogP contribution in [0.15, 0.2) is 119 Å². The maximum atomic E-state index is 4.59. The van der Waals surface area contributed by atoms with E-state index in [0.717, 1.165) is 33.9 Å². The fourth-order valence-corrected chi connectivity index (χ4v) is 2.91. The quantitative estimate of drug-likeness (QED) is 0.364. The average Bonchev–Trinajstić information content (AvgIpc) is 2.79. The van der Waals surface area contributed by atoms with E-state index in [1.807, 2.05) is 97.4 Å². The van der Waals surface area contributed by atoms with Gasteiger partial charge in [0, 0.05) is 34.9 Å². The summed E-state index contributed by atoms with van der Waals surface area (Å²) >= 11 is 0. The van der Waals surface area contributed by atoms with Crippen molar-refractivity contribution in [2.75, 3.05) is 5.32 Å². The van der Waals surface area contributed by atoms with E-state index in [-0.39, 0.29) is 0 Å². The number of rotatable bonds is 6. The third-order valence-electron chi connectivity index (χ3n) is 4.41. The molecule has 140 valence electrons. The minimum absolute atomic E-state index is 0.928. The van der Waals surface area contributed by atoms with Crippen LogP contribution in [0.4, 0.5) is 22.7 Å². The number of aliphatic imine (C=N–C) groups is 2. The molecule has 0 aliphatic carbocycles. The molecule has 0 saturated carbocycles. The molecule has 0 aromatic heterocycles. The Morgan fingerprint density at radius 1 is 0.448 bits per heavy atom. The summed E-state index contributed by atoms with van der Waals surface area (Å²) in [5.41, 5.74) is 5.88. The van der Waals surface area contributed by atoms with E-state index in [2.05, 4.69) is 39.6 Å². The summed E-state index contributed by atoms with van der Waals surface area (Å²) in [5, 5.41) is 3.53. The molecule has 4 rings (SSSR count). The minimum Gasteiger partial charge on any atom is -0.354 e. The van der Waals surface area contributed by atoms with Gasteiger partial charge in [-0.2, -0.15) is 0 Å². The predicted molar refractivity (Wildman–Crippen MR) is 124 cm³/mol. The van der Waals surface area contributed by atoms with Gasteiger partial charge in [-0.05, 0) is 36.4 Å². The van der Waals surface area contributed by atoms with Gasteiger partial charge in [-0.1, -0.05) is 72.8 Å².